The SMILES string of the molecule is CC(=O)OC1C(CCC23CCC(C)(C)CC2C2=CCC4C5(C)CCC(=O)C(C)C5CCC4(C)[C@]2(C)CC3)OC(C(=O)O)C(OC(C)=O)C1OC(C)=O. The third-order valence-electron chi connectivity index (χ3n) is 15.9. The van der Waals surface area contributed by atoms with Crippen LogP contribution in [-0.2, 0) is 42.9 Å². The number of esters is 3. The Balaban J connectivity index is 1.34. The van der Waals surface area contributed by atoms with E-state index >= 15 is 0 Å². The molecule has 52 heavy (non-hydrogen) atoms. The van der Waals surface area contributed by atoms with E-state index in [9.17, 15) is 29.1 Å². The summed E-state index contributed by atoms with van der Waals surface area (Å²) in [4.78, 5) is 62.3. The standard InChI is InChI=1S/C42H62O10/c1-23-27-12-16-41(9)32(39(27,7)15-13-30(23)46)11-10-28-29-22-38(5,6)18-20-42(29,21-19-40(28,41)8)17-14-31-33(49-24(2)43)34(50-25(3)44)35(51-26(4)45)36(52-31)37(47)48/h10,23,27,29,31-36H,11-22H2,1-9H3,(H,47,48)/t23?,27?,29?,31?,32?,33?,34?,35?,36?,39?,40-,41?,42?/m1/s1. The minimum Gasteiger partial charge on any atom is -0.479 e. The highest BCUT2D eigenvalue weighted by molar-refractivity contribution is 5.82. The Hall–Kier alpha value is -2.75. The monoisotopic (exact) mass is 726 g/mol. The summed E-state index contributed by atoms with van der Waals surface area (Å²) in [6, 6.07) is 0. The van der Waals surface area contributed by atoms with Crippen molar-refractivity contribution in [1.29, 1.82) is 0 Å². The zero-order chi connectivity index (χ0) is 38.2. The second-order valence-electron chi connectivity index (χ2n) is 19.1. The number of Topliss-reactive ketones (excluding diaryl/α,β-unsaturated/α-hetero) is 1. The van der Waals surface area contributed by atoms with Crippen molar-refractivity contribution in [3.63, 3.8) is 0 Å². The summed E-state index contributed by atoms with van der Waals surface area (Å²) in [5, 5.41) is 10.2. The second kappa shape index (κ2) is 13.5. The molecule has 4 saturated carbocycles. The van der Waals surface area contributed by atoms with Crippen LogP contribution in [0.5, 0.6) is 0 Å². The molecule has 13 atom stereocenters. The molecular formula is C42H62O10. The summed E-state index contributed by atoms with van der Waals surface area (Å²) in [6.07, 6.45) is 7.40. The second-order valence-corrected chi connectivity index (χ2v) is 19.1. The van der Waals surface area contributed by atoms with Crippen molar-refractivity contribution < 1.29 is 48.0 Å². The maximum Gasteiger partial charge on any atom is 0.336 e. The van der Waals surface area contributed by atoms with Gasteiger partial charge in [-0.2, -0.15) is 0 Å². The van der Waals surface area contributed by atoms with Gasteiger partial charge in [-0.1, -0.05) is 53.2 Å². The lowest BCUT2D eigenvalue weighted by Gasteiger charge is -2.70. The summed E-state index contributed by atoms with van der Waals surface area (Å²) in [7, 11) is 0. The van der Waals surface area contributed by atoms with Gasteiger partial charge in [0.1, 0.15) is 5.78 Å². The summed E-state index contributed by atoms with van der Waals surface area (Å²) in [5.41, 5.74) is 1.94. The Labute approximate surface area is 309 Å². The fourth-order valence-electron chi connectivity index (χ4n) is 13.0. The molecule has 10 heteroatoms. The molecule has 6 aliphatic rings. The zero-order valence-corrected chi connectivity index (χ0v) is 32.9. The van der Waals surface area contributed by atoms with Gasteiger partial charge in [-0.05, 0) is 115 Å². The van der Waals surface area contributed by atoms with Crippen LogP contribution in [-0.4, -0.2) is 65.3 Å². The highest BCUT2D eigenvalue weighted by Gasteiger charge is 2.67. The van der Waals surface area contributed by atoms with E-state index in [-0.39, 0.29) is 33.0 Å². The number of carboxylic acid groups (broad SMARTS) is 1. The number of ether oxygens (including phenoxy) is 4. The van der Waals surface area contributed by atoms with E-state index < -0.39 is 54.4 Å². The number of fused-ring (bicyclic) bond motifs is 7. The van der Waals surface area contributed by atoms with Gasteiger partial charge < -0.3 is 24.1 Å². The molecule has 6 rings (SSSR count). The third-order valence-corrected chi connectivity index (χ3v) is 15.9. The Morgan fingerprint density at radius 2 is 1.46 bits per heavy atom. The van der Waals surface area contributed by atoms with Crippen LogP contribution in [0.15, 0.2) is 11.6 Å². The molecule has 1 heterocycles. The Bertz CT molecular complexity index is 1520. The molecule has 0 bridgehead atoms. The summed E-state index contributed by atoms with van der Waals surface area (Å²) >= 11 is 0. The van der Waals surface area contributed by atoms with E-state index in [0.29, 0.717) is 36.4 Å². The van der Waals surface area contributed by atoms with E-state index in [1.807, 2.05) is 0 Å². The molecule has 5 fully saturated rings. The number of hydrogen-bond donors (Lipinski definition) is 1. The largest absolute Gasteiger partial charge is 0.479 e. The van der Waals surface area contributed by atoms with Crippen molar-refractivity contribution in [3.8, 4) is 0 Å². The lowest BCUT2D eigenvalue weighted by atomic mass is 9.34. The maximum absolute atomic E-state index is 12.9. The average molecular weight is 727 g/mol. The predicted octanol–water partition coefficient (Wildman–Crippen LogP) is 7.39. The van der Waals surface area contributed by atoms with Crippen LogP contribution in [0.3, 0.4) is 0 Å². The first-order valence-electron chi connectivity index (χ1n) is 19.8. The quantitative estimate of drug-likeness (QED) is 0.160. The fourth-order valence-corrected chi connectivity index (χ4v) is 13.0. The molecular weight excluding hydrogens is 664 g/mol. The van der Waals surface area contributed by atoms with Crippen LogP contribution in [0, 0.1) is 50.7 Å². The van der Waals surface area contributed by atoms with Crippen LogP contribution >= 0.6 is 0 Å². The van der Waals surface area contributed by atoms with Crippen molar-refractivity contribution in [1.82, 2.24) is 0 Å². The van der Waals surface area contributed by atoms with Gasteiger partial charge >= 0.3 is 23.9 Å². The lowest BCUT2D eigenvalue weighted by molar-refractivity contribution is -0.250. The molecule has 1 aliphatic heterocycles. The van der Waals surface area contributed by atoms with Gasteiger partial charge in [-0.15, -0.1) is 0 Å². The Morgan fingerprint density at radius 1 is 0.846 bits per heavy atom. The van der Waals surface area contributed by atoms with Crippen molar-refractivity contribution in [2.75, 3.05) is 0 Å². The molecule has 0 amide bonds. The Kier molecular flexibility index (Phi) is 10.1. The number of ketones is 1. The average Bonchev–Trinajstić information content (AvgIpc) is 3.04. The van der Waals surface area contributed by atoms with Gasteiger partial charge in [-0.3, -0.25) is 19.2 Å². The van der Waals surface area contributed by atoms with E-state index in [1.54, 1.807) is 5.57 Å². The number of carbonyl (C=O) groups is 5. The number of aliphatic carboxylic acids is 1. The number of allylic oxidation sites excluding steroid dienone is 2. The van der Waals surface area contributed by atoms with Crippen LogP contribution < -0.4 is 0 Å². The first kappa shape index (κ1) is 39.0. The molecule has 0 radical (unpaired) electrons. The van der Waals surface area contributed by atoms with Crippen LogP contribution in [0.25, 0.3) is 0 Å². The lowest BCUT2D eigenvalue weighted by Crippen LogP contribution is -2.64. The Morgan fingerprint density at radius 3 is 2.10 bits per heavy atom. The summed E-state index contributed by atoms with van der Waals surface area (Å²) < 4.78 is 22.9. The number of carboxylic acids is 1. The first-order valence-corrected chi connectivity index (χ1v) is 19.8. The highest BCUT2D eigenvalue weighted by atomic mass is 16.7. The van der Waals surface area contributed by atoms with Gasteiger partial charge in [0.05, 0.1) is 6.10 Å². The molecule has 0 spiro atoms. The molecule has 10 nitrogen and oxygen atoms in total. The number of hydrogen-bond acceptors (Lipinski definition) is 9. The van der Waals surface area contributed by atoms with Gasteiger partial charge in [0.2, 0.25) is 0 Å². The topological polar surface area (TPSA) is 143 Å². The van der Waals surface area contributed by atoms with Crippen molar-refractivity contribution in [3.05, 3.63) is 11.6 Å². The molecule has 0 aromatic heterocycles. The van der Waals surface area contributed by atoms with Gasteiger partial charge in [0, 0.05) is 33.1 Å². The summed E-state index contributed by atoms with van der Waals surface area (Å²) in [6.45, 7) is 18.1. The van der Waals surface area contributed by atoms with E-state index in [4.69, 9.17) is 18.9 Å². The van der Waals surface area contributed by atoms with Crippen LogP contribution in [0.4, 0.5) is 0 Å². The zero-order valence-electron chi connectivity index (χ0n) is 32.9. The molecule has 12 unspecified atom stereocenters. The third kappa shape index (κ3) is 6.34. The molecule has 5 aliphatic carbocycles. The van der Waals surface area contributed by atoms with Gasteiger partial charge in [-0.25, -0.2) is 4.79 Å². The van der Waals surface area contributed by atoms with Crippen molar-refractivity contribution in [2.24, 2.45) is 50.7 Å². The maximum atomic E-state index is 12.9. The van der Waals surface area contributed by atoms with Gasteiger partial charge in [0.15, 0.2) is 24.4 Å². The molecule has 1 N–H and O–H groups in total. The number of rotatable bonds is 7. The van der Waals surface area contributed by atoms with Gasteiger partial charge in [0.25, 0.3) is 0 Å². The van der Waals surface area contributed by atoms with Crippen molar-refractivity contribution in [2.45, 2.75) is 170 Å². The number of carbonyl (C=O) groups excluding carboxylic acids is 4. The molecule has 1 saturated heterocycles. The van der Waals surface area contributed by atoms with E-state index in [1.165, 1.54) is 13.8 Å². The normalized spacial score (nSPS) is 45.1. The fraction of sp³-hybridized carbons (Fsp3) is 0.833. The minimum absolute atomic E-state index is 0.0177. The predicted molar refractivity (Wildman–Crippen MR) is 192 cm³/mol. The van der Waals surface area contributed by atoms with E-state index in [2.05, 4.69) is 47.6 Å². The smallest absolute Gasteiger partial charge is 0.336 e. The molecule has 0 aromatic rings. The van der Waals surface area contributed by atoms with Crippen molar-refractivity contribution >= 4 is 29.7 Å². The molecule has 290 valence electrons. The first-order chi connectivity index (χ1) is 24.2. The minimum atomic E-state index is -1.61. The van der Waals surface area contributed by atoms with Crippen LogP contribution in [0.1, 0.15) is 139 Å². The highest BCUT2D eigenvalue weighted by Crippen LogP contribution is 2.75. The summed E-state index contributed by atoms with van der Waals surface area (Å²) in [5.74, 6) is -1.62. The van der Waals surface area contributed by atoms with Crippen LogP contribution in [0.2, 0.25) is 0 Å². The molecule has 0 aromatic carbocycles. The van der Waals surface area contributed by atoms with E-state index in [0.717, 1.165) is 71.1 Å².